The summed E-state index contributed by atoms with van der Waals surface area (Å²) in [6.07, 6.45) is -1.13. The van der Waals surface area contributed by atoms with Crippen LogP contribution in [0.15, 0.2) is 0 Å². The van der Waals surface area contributed by atoms with Crippen LogP contribution in [0.3, 0.4) is 0 Å². The van der Waals surface area contributed by atoms with Crippen molar-refractivity contribution in [1.82, 2.24) is 0 Å². The van der Waals surface area contributed by atoms with Gasteiger partial charge in [-0.2, -0.15) is 0 Å². The molecule has 0 aliphatic heterocycles. The molecule has 0 radical (unpaired) electrons. The quantitative estimate of drug-likeness (QED) is 0.260. The molecule has 0 aromatic rings. The Kier molecular flexibility index (Phi) is 32.1. The van der Waals surface area contributed by atoms with E-state index in [1.807, 2.05) is 0 Å². The molecule has 4 N–H and O–H groups in total. The molecule has 8 nitrogen and oxygen atoms in total. The monoisotopic (exact) mass is 281 g/mol. The first-order valence-corrected chi connectivity index (χ1v) is 5.54. The summed E-state index contributed by atoms with van der Waals surface area (Å²) >= 11 is 0. The smallest absolute Gasteiger partial charge is 0.781 e. The Labute approximate surface area is 133 Å². The molecule has 0 aromatic carbocycles. The van der Waals surface area contributed by atoms with Gasteiger partial charge < -0.3 is 39.2 Å². The van der Waals surface area contributed by atoms with Gasteiger partial charge in [-0.3, -0.25) is 0 Å². The van der Waals surface area contributed by atoms with Crippen molar-refractivity contribution in [2.75, 3.05) is 6.54 Å². The summed E-state index contributed by atoms with van der Waals surface area (Å²) in [6, 6.07) is 0. The van der Waals surface area contributed by atoms with E-state index in [-0.39, 0.29) is 72.1 Å². The van der Waals surface area contributed by atoms with Crippen LogP contribution >= 0.6 is 16.5 Å². The molecule has 0 bridgehead atoms. The number of hydrogen-bond donors (Lipinski definition) is 3. The number of aliphatic hydroxyl groups is 1. The normalized spacial score (nSPS) is 14.5. The number of rotatable bonds is 4. The predicted molar refractivity (Wildman–Crippen MR) is 41.0 cm³/mol. The van der Waals surface area contributed by atoms with Gasteiger partial charge in [0.15, 0.2) is 6.29 Å². The fourth-order valence-corrected chi connectivity index (χ4v) is 0.653. The van der Waals surface area contributed by atoms with Gasteiger partial charge in [-0.05, 0) is 6.54 Å². The van der Waals surface area contributed by atoms with E-state index in [9.17, 15) is 9.46 Å². The van der Waals surface area contributed by atoms with Gasteiger partial charge in [0.25, 0.3) is 0 Å². The molecule has 0 fully saturated rings. The molecule has 0 aliphatic rings. The second kappa shape index (κ2) is 18.6. The third-order valence-electron chi connectivity index (χ3n) is 0.646. The molecule has 15 heavy (non-hydrogen) atoms. The van der Waals surface area contributed by atoms with E-state index in [1.54, 1.807) is 0 Å². The fraction of sp³-hybridized carbons (Fsp3) is 1.00. The zero-order chi connectivity index (χ0) is 10.9. The van der Waals surface area contributed by atoms with Gasteiger partial charge in [-0.15, -0.1) is 0 Å². The molecule has 3 atom stereocenters. The van der Waals surface area contributed by atoms with Crippen LogP contribution in [0.1, 0.15) is 6.42 Å². The van der Waals surface area contributed by atoms with Crippen molar-refractivity contribution in [3.63, 3.8) is 0 Å². The Morgan fingerprint density at radius 2 is 1.67 bits per heavy atom. The number of nitrogens with two attached hydrogens (primary N) is 1. The minimum atomic E-state index is -3.38. The van der Waals surface area contributed by atoms with Crippen LogP contribution in [0, 0.1) is 0 Å². The fourth-order valence-electron chi connectivity index (χ4n) is 0.313. The largest absolute Gasteiger partial charge is 1.00 e. The van der Waals surface area contributed by atoms with E-state index < -0.39 is 22.8 Å². The molecular formula is C3H11NNa2O7P2. The standard InChI is InChI=1S/C3H10NO4P.2Na.H3O3P/c4-2-1-3(5)8-9(6)7;;;1-4(2)3/h3,5,9H,1-2,4H2,(H,6,7);;;4H,(H2,1,2,3)/q;2*+1;/p-2. The first-order valence-electron chi connectivity index (χ1n) is 3.05. The Morgan fingerprint density at radius 3 is 1.87 bits per heavy atom. The van der Waals surface area contributed by atoms with Crippen LogP contribution in [0.25, 0.3) is 0 Å². The summed E-state index contributed by atoms with van der Waals surface area (Å²) in [5.74, 6) is 0. The summed E-state index contributed by atoms with van der Waals surface area (Å²) in [5.41, 5.74) is 4.97. The summed E-state index contributed by atoms with van der Waals surface area (Å²) in [4.78, 5) is 25.4. The molecule has 0 aliphatic carbocycles. The summed E-state index contributed by atoms with van der Waals surface area (Å²) in [7, 11) is -6.64. The minimum absolute atomic E-state index is 0. The molecule has 0 heterocycles. The number of aliphatic hydroxyl groups excluding tert-OH is 1. The van der Waals surface area contributed by atoms with Crippen molar-refractivity contribution in [3.8, 4) is 0 Å². The van der Waals surface area contributed by atoms with Gasteiger partial charge in [0.05, 0.1) is 0 Å². The Bertz CT molecular complexity index is 168. The van der Waals surface area contributed by atoms with Crippen LogP contribution in [0.2, 0.25) is 0 Å². The van der Waals surface area contributed by atoms with E-state index >= 15 is 0 Å². The average molecular weight is 281 g/mol. The topological polar surface area (TPSA) is 156 Å². The van der Waals surface area contributed by atoms with E-state index in [4.69, 9.17) is 25.2 Å². The van der Waals surface area contributed by atoms with Crippen molar-refractivity contribution in [2.45, 2.75) is 12.7 Å². The predicted octanol–water partition coefficient (Wildman–Crippen LogP) is -8.84. The van der Waals surface area contributed by atoms with Gasteiger partial charge in [0.1, 0.15) is 16.5 Å². The van der Waals surface area contributed by atoms with Crippen LogP contribution < -0.4 is 74.6 Å². The summed E-state index contributed by atoms with van der Waals surface area (Å²) in [6.45, 7) is 0.205. The second-order valence-corrected chi connectivity index (χ2v) is 2.93. The third kappa shape index (κ3) is 38.6. The van der Waals surface area contributed by atoms with Crippen molar-refractivity contribution < 1.29 is 92.6 Å². The molecule has 12 heteroatoms. The van der Waals surface area contributed by atoms with Crippen LogP contribution in [0.5, 0.6) is 0 Å². The Hall–Kier alpha value is 2.22. The molecule has 0 rings (SSSR count). The summed E-state index contributed by atoms with van der Waals surface area (Å²) < 4.78 is 22.3. The van der Waals surface area contributed by atoms with Crippen molar-refractivity contribution in [3.05, 3.63) is 0 Å². The molecule has 0 amide bonds. The molecule has 0 aromatic heterocycles. The molecule has 0 saturated carbocycles. The zero-order valence-electron chi connectivity index (χ0n) is 8.50. The van der Waals surface area contributed by atoms with Crippen LogP contribution in [-0.2, 0) is 13.7 Å². The first kappa shape index (κ1) is 25.9. The number of hydrogen-bond acceptors (Lipinski definition) is 7. The van der Waals surface area contributed by atoms with Gasteiger partial charge in [-0.1, -0.05) is 0 Å². The van der Waals surface area contributed by atoms with E-state index in [1.165, 1.54) is 0 Å². The second-order valence-electron chi connectivity index (χ2n) is 1.67. The van der Waals surface area contributed by atoms with E-state index in [2.05, 4.69) is 4.52 Å². The first-order chi connectivity index (χ1) is 5.90. The molecule has 0 saturated heterocycles. The maximum Gasteiger partial charge on any atom is 1.00 e. The zero-order valence-corrected chi connectivity index (χ0v) is 14.5. The van der Waals surface area contributed by atoms with Gasteiger partial charge in [0, 0.05) is 6.42 Å². The van der Waals surface area contributed by atoms with E-state index in [0.717, 1.165) is 0 Å². The van der Waals surface area contributed by atoms with Crippen molar-refractivity contribution >= 4 is 16.5 Å². The van der Waals surface area contributed by atoms with Gasteiger partial charge in [0.2, 0.25) is 0 Å². The average Bonchev–Trinajstić information content (AvgIpc) is 1.83. The SMILES string of the molecule is NCCC(O)O[PH](=O)[O-].O=[PH]([O-])O.[Na+].[Na+]. The Balaban J connectivity index is -0.0000000883. The summed E-state index contributed by atoms with van der Waals surface area (Å²) in [5, 5.41) is 8.54. The third-order valence-corrected chi connectivity index (χ3v) is 1.11. The van der Waals surface area contributed by atoms with Crippen LogP contribution in [-0.4, -0.2) is 22.8 Å². The Morgan fingerprint density at radius 1 is 1.33 bits per heavy atom. The molecule has 82 valence electrons. The molecular weight excluding hydrogens is 270 g/mol. The van der Waals surface area contributed by atoms with Gasteiger partial charge >= 0.3 is 59.1 Å². The maximum absolute atomic E-state index is 9.74. The molecule has 3 unspecified atom stereocenters. The van der Waals surface area contributed by atoms with Gasteiger partial charge in [-0.25, -0.2) is 0 Å². The van der Waals surface area contributed by atoms with Crippen molar-refractivity contribution in [2.24, 2.45) is 5.73 Å². The van der Waals surface area contributed by atoms with E-state index in [0.29, 0.717) is 0 Å². The van der Waals surface area contributed by atoms with Crippen molar-refractivity contribution in [1.29, 1.82) is 0 Å². The maximum atomic E-state index is 9.74. The van der Waals surface area contributed by atoms with Crippen LogP contribution in [0.4, 0.5) is 0 Å². The molecule has 0 spiro atoms. The minimum Gasteiger partial charge on any atom is -0.781 e.